The van der Waals surface area contributed by atoms with Crippen molar-refractivity contribution in [2.45, 2.75) is 45.6 Å². The number of aryl methyl sites for hydroxylation is 1. The van der Waals surface area contributed by atoms with Crippen LogP contribution < -0.4 is 11.1 Å². The van der Waals surface area contributed by atoms with Gasteiger partial charge in [0.1, 0.15) is 0 Å². The zero-order valence-corrected chi connectivity index (χ0v) is 17.1. The molecule has 0 aromatic heterocycles. The Kier molecular flexibility index (Phi) is 8.29. The molecule has 0 heterocycles. The van der Waals surface area contributed by atoms with Crippen LogP contribution in [0.25, 0.3) is 0 Å². The molecule has 2 aromatic rings. The van der Waals surface area contributed by atoms with E-state index in [1.54, 1.807) is 12.1 Å². The molecule has 0 fully saturated rings. The molecule has 1 atom stereocenters. The maximum absolute atomic E-state index is 12.2. The van der Waals surface area contributed by atoms with Crippen LogP contribution in [0.3, 0.4) is 0 Å². The van der Waals surface area contributed by atoms with Crippen molar-refractivity contribution in [3.05, 3.63) is 65.2 Å². The molecule has 0 saturated heterocycles. The van der Waals surface area contributed by atoms with Gasteiger partial charge in [0.15, 0.2) is 11.9 Å². The lowest BCUT2D eigenvalue weighted by Crippen LogP contribution is -2.30. The summed E-state index contributed by atoms with van der Waals surface area (Å²) in [5.41, 5.74) is 7.64. The third-order valence-corrected chi connectivity index (χ3v) is 4.49. The van der Waals surface area contributed by atoms with Crippen molar-refractivity contribution in [2.75, 3.05) is 5.32 Å². The van der Waals surface area contributed by atoms with Crippen LogP contribution in [0, 0.1) is 0 Å². The lowest BCUT2D eigenvalue weighted by Gasteiger charge is -2.13. The molecule has 30 heavy (non-hydrogen) atoms. The van der Waals surface area contributed by atoms with Gasteiger partial charge in [0.2, 0.25) is 5.91 Å². The monoisotopic (exact) mass is 410 g/mol. The van der Waals surface area contributed by atoms with E-state index in [1.807, 2.05) is 12.1 Å². The molecule has 158 valence electrons. The van der Waals surface area contributed by atoms with E-state index in [2.05, 4.69) is 12.2 Å². The van der Waals surface area contributed by atoms with Gasteiger partial charge in [-0.3, -0.25) is 19.2 Å². The van der Waals surface area contributed by atoms with E-state index in [9.17, 15) is 19.2 Å². The predicted molar refractivity (Wildman–Crippen MR) is 113 cm³/mol. The number of ether oxygens (including phenoxy) is 1. The van der Waals surface area contributed by atoms with Gasteiger partial charge in [-0.05, 0) is 43.2 Å². The highest BCUT2D eigenvalue weighted by Crippen LogP contribution is 2.12. The highest BCUT2D eigenvalue weighted by atomic mass is 16.5. The first-order valence-corrected chi connectivity index (χ1v) is 9.82. The number of ketones is 1. The van der Waals surface area contributed by atoms with E-state index in [4.69, 9.17) is 10.5 Å². The second-order valence-corrected chi connectivity index (χ2v) is 6.93. The fraction of sp³-hybridized carbons (Fsp3) is 0.304. The molecular formula is C23H26N2O5. The largest absolute Gasteiger partial charge is 0.453 e. The number of Topliss-reactive ketones (excluding diaryl/α,β-unsaturated/α-hetero) is 1. The Hall–Kier alpha value is -3.48. The van der Waals surface area contributed by atoms with Crippen molar-refractivity contribution >= 4 is 29.3 Å². The first kappa shape index (κ1) is 22.8. The summed E-state index contributed by atoms with van der Waals surface area (Å²) in [5.74, 6) is -1.87. The van der Waals surface area contributed by atoms with Crippen LogP contribution >= 0.6 is 0 Å². The van der Waals surface area contributed by atoms with E-state index < -0.39 is 23.9 Å². The first-order valence-electron chi connectivity index (χ1n) is 9.82. The molecule has 1 unspecified atom stereocenters. The SMILES string of the molecule is CCCc1ccc(C(=O)CCC(=O)OC(C)C(=O)Nc2ccc(C(N)=O)cc2)cc1. The minimum absolute atomic E-state index is 0.00881. The molecule has 0 spiro atoms. The molecule has 0 radical (unpaired) electrons. The molecule has 0 saturated carbocycles. The number of anilines is 1. The number of hydrogen-bond acceptors (Lipinski definition) is 5. The maximum atomic E-state index is 12.2. The number of carbonyl (C=O) groups excluding carboxylic acids is 4. The van der Waals surface area contributed by atoms with Crippen molar-refractivity contribution in [1.29, 1.82) is 0 Å². The van der Waals surface area contributed by atoms with Crippen molar-refractivity contribution < 1.29 is 23.9 Å². The summed E-state index contributed by atoms with van der Waals surface area (Å²) in [5, 5.41) is 2.58. The number of nitrogens with two attached hydrogens (primary N) is 1. The van der Waals surface area contributed by atoms with Gasteiger partial charge >= 0.3 is 5.97 Å². The second-order valence-electron chi connectivity index (χ2n) is 6.93. The molecule has 0 aliphatic rings. The summed E-state index contributed by atoms with van der Waals surface area (Å²) >= 11 is 0. The minimum atomic E-state index is -1.03. The van der Waals surface area contributed by atoms with Gasteiger partial charge in [0.05, 0.1) is 6.42 Å². The fourth-order valence-corrected chi connectivity index (χ4v) is 2.78. The van der Waals surface area contributed by atoms with E-state index in [1.165, 1.54) is 31.2 Å². The third-order valence-electron chi connectivity index (χ3n) is 4.49. The summed E-state index contributed by atoms with van der Waals surface area (Å²) in [7, 11) is 0. The quantitative estimate of drug-likeness (QED) is 0.461. The van der Waals surface area contributed by atoms with Gasteiger partial charge in [0.25, 0.3) is 5.91 Å². The van der Waals surface area contributed by atoms with Crippen molar-refractivity contribution in [1.82, 2.24) is 0 Å². The average Bonchev–Trinajstić information content (AvgIpc) is 2.73. The number of esters is 1. The normalized spacial score (nSPS) is 11.4. The van der Waals surface area contributed by atoms with Crippen LogP contribution in [0.15, 0.2) is 48.5 Å². The summed E-state index contributed by atoms with van der Waals surface area (Å²) in [6, 6.07) is 13.4. The Bertz CT molecular complexity index is 904. The van der Waals surface area contributed by atoms with Crippen LogP contribution in [0.5, 0.6) is 0 Å². The zero-order valence-electron chi connectivity index (χ0n) is 17.1. The standard InChI is InChI=1S/C23H26N2O5/c1-3-4-16-5-7-17(8-6-16)20(26)13-14-21(27)30-15(2)23(29)25-19-11-9-18(10-12-19)22(24)28/h5-12,15H,3-4,13-14H2,1-2H3,(H2,24,28)(H,25,29). The van der Waals surface area contributed by atoms with Gasteiger partial charge in [-0.15, -0.1) is 0 Å². The van der Waals surface area contributed by atoms with E-state index >= 15 is 0 Å². The number of rotatable bonds is 10. The Morgan fingerprint density at radius 3 is 2.10 bits per heavy atom. The Morgan fingerprint density at radius 2 is 1.53 bits per heavy atom. The van der Waals surface area contributed by atoms with Gasteiger partial charge in [0, 0.05) is 23.2 Å². The van der Waals surface area contributed by atoms with E-state index in [0.29, 0.717) is 16.8 Å². The molecule has 0 aliphatic heterocycles. The van der Waals surface area contributed by atoms with Gasteiger partial charge in [-0.2, -0.15) is 0 Å². The number of amides is 2. The highest BCUT2D eigenvalue weighted by molar-refractivity contribution is 5.98. The number of hydrogen-bond donors (Lipinski definition) is 2. The van der Waals surface area contributed by atoms with Crippen molar-refractivity contribution in [2.24, 2.45) is 5.73 Å². The predicted octanol–water partition coefficient (Wildman–Crippen LogP) is 3.27. The number of benzene rings is 2. The van der Waals surface area contributed by atoms with Crippen LogP contribution in [-0.2, 0) is 20.7 Å². The zero-order chi connectivity index (χ0) is 22.1. The van der Waals surface area contributed by atoms with Crippen molar-refractivity contribution in [3.63, 3.8) is 0 Å². The molecular weight excluding hydrogens is 384 g/mol. The second kappa shape index (κ2) is 10.9. The summed E-state index contributed by atoms with van der Waals surface area (Å²) in [6.45, 7) is 3.53. The Balaban J connectivity index is 1.79. The summed E-state index contributed by atoms with van der Waals surface area (Å²) in [4.78, 5) is 47.5. The first-order chi connectivity index (χ1) is 14.3. The van der Waals surface area contributed by atoms with Crippen LogP contribution in [0.1, 0.15) is 59.4 Å². The lowest BCUT2D eigenvalue weighted by atomic mass is 10.0. The summed E-state index contributed by atoms with van der Waals surface area (Å²) < 4.78 is 5.11. The van der Waals surface area contributed by atoms with Gasteiger partial charge in [-0.1, -0.05) is 37.6 Å². The molecule has 2 amide bonds. The molecule has 2 rings (SSSR count). The Labute approximate surface area is 175 Å². The van der Waals surface area contributed by atoms with E-state index in [-0.39, 0.29) is 18.6 Å². The summed E-state index contributed by atoms with van der Waals surface area (Å²) in [6.07, 6.45) is 0.853. The number of nitrogens with one attached hydrogen (secondary N) is 1. The molecule has 0 bridgehead atoms. The smallest absolute Gasteiger partial charge is 0.307 e. The molecule has 2 aromatic carbocycles. The fourth-order valence-electron chi connectivity index (χ4n) is 2.78. The maximum Gasteiger partial charge on any atom is 0.307 e. The van der Waals surface area contributed by atoms with Crippen LogP contribution in [-0.4, -0.2) is 29.7 Å². The molecule has 3 N–H and O–H groups in total. The van der Waals surface area contributed by atoms with Crippen LogP contribution in [0.2, 0.25) is 0 Å². The molecule has 7 nitrogen and oxygen atoms in total. The average molecular weight is 410 g/mol. The number of carbonyl (C=O) groups is 4. The minimum Gasteiger partial charge on any atom is -0.453 e. The van der Waals surface area contributed by atoms with Crippen LogP contribution in [0.4, 0.5) is 5.69 Å². The molecule has 7 heteroatoms. The van der Waals surface area contributed by atoms with E-state index in [0.717, 1.165) is 18.4 Å². The molecule has 0 aliphatic carbocycles. The van der Waals surface area contributed by atoms with Crippen molar-refractivity contribution in [3.8, 4) is 0 Å². The Morgan fingerprint density at radius 1 is 0.933 bits per heavy atom. The highest BCUT2D eigenvalue weighted by Gasteiger charge is 2.19. The third kappa shape index (κ3) is 6.84. The lowest BCUT2D eigenvalue weighted by molar-refractivity contribution is -0.153. The van der Waals surface area contributed by atoms with Gasteiger partial charge < -0.3 is 15.8 Å². The number of primary amides is 1. The van der Waals surface area contributed by atoms with Gasteiger partial charge in [-0.25, -0.2) is 0 Å². The topological polar surface area (TPSA) is 116 Å².